The van der Waals surface area contributed by atoms with Gasteiger partial charge in [0, 0.05) is 11.1 Å². The first kappa shape index (κ1) is 10.3. The Labute approximate surface area is 81.1 Å². The molecule has 0 atom stereocenters. The van der Waals surface area contributed by atoms with E-state index in [9.17, 15) is 9.50 Å². The maximum Gasteiger partial charge on any atom is 0.139 e. The predicted molar refractivity (Wildman–Crippen MR) is 50.3 cm³/mol. The lowest BCUT2D eigenvalue weighted by atomic mass is 9.94. The van der Waals surface area contributed by atoms with Gasteiger partial charge in [0.2, 0.25) is 0 Å². The van der Waals surface area contributed by atoms with Gasteiger partial charge in [0.1, 0.15) is 11.6 Å². The number of benzene rings is 1. The Morgan fingerprint density at radius 1 is 1.46 bits per heavy atom. The third kappa shape index (κ3) is 2.11. The maximum absolute atomic E-state index is 12.9. The molecule has 0 aromatic heterocycles. The van der Waals surface area contributed by atoms with Crippen LogP contribution in [0.25, 0.3) is 0 Å². The van der Waals surface area contributed by atoms with E-state index in [0.717, 1.165) is 6.07 Å². The van der Waals surface area contributed by atoms with Crippen molar-refractivity contribution in [1.29, 1.82) is 0 Å². The zero-order chi connectivity index (χ0) is 10.2. The fraction of sp³-hybridized carbons (Fsp3) is 0.333. The molecule has 13 heavy (non-hydrogen) atoms. The molecule has 1 rings (SSSR count). The van der Waals surface area contributed by atoms with Gasteiger partial charge < -0.3 is 10.8 Å². The second kappa shape index (κ2) is 3.16. The molecule has 0 radical (unpaired) electrons. The van der Waals surface area contributed by atoms with E-state index in [4.69, 9.17) is 17.3 Å². The van der Waals surface area contributed by atoms with Crippen molar-refractivity contribution in [3.63, 3.8) is 0 Å². The van der Waals surface area contributed by atoms with Gasteiger partial charge in [-0.15, -0.1) is 0 Å². The molecule has 0 aliphatic carbocycles. The molecule has 0 aliphatic heterocycles. The Balaban J connectivity index is 3.37. The minimum Gasteiger partial charge on any atom is -0.506 e. The van der Waals surface area contributed by atoms with E-state index in [0.29, 0.717) is 5.56 Å². The van der Waals surface area contributed by atoms with Crippen molar-refractivity contribution < 1.29 is 9.50 Å². The van der Waals surface area contributed by atoms with Crippen LogP contribution in [0.2, 0.25) is 5.02 Å². The van der Waals surface area contributed by atoms with Gasteiger partial charge in [0.15, 0.2) is 0 Å². The standard InChI is InChI=1S/C9H11ClFNO/c1-9(2,12)6-3-5(11)4-7(10)8(6)13/h3-4,13H,12H2,1-2H3. The SMILES string of the molecule is CC(C)(N)c1cc(F)cc(Cl)c1O. The van der Waals surface area contributed by atoms with Crippen molar-refractivity contribution in [2.45, 2.75) is 19.4 Å². The molecule has 0 bridgehead atoms. The van der Waals surface area contributed by atoms with Crippen LogP contribution >= 0.6 is 11.6 Å². The molecule has 0 amide bonds. The average Bonchev–Trinajstić information content (AvgIpc) is 1.94. The zero-order valence-electron chi connectivity index (χ0n) is 7.44. The Kier molecular flexibility index (Phi) is 2.50. The van der Waals surface area contributed by atoms with Gasteiger partial charge in [0.25, 0.3) is 0 Å². The Hall–Kier alpha value is -0.800. The van der Waals surface area contributed by atoms with Gasteiger partial charge in [-0.25, -0.2) is 4.39 Å². The summed E-state index contributed by atoms with van der Waals surface area (Å²) in [6.07, 6.45) is 0. The van der Waals surface area contributed by atoms with Crippen LogP contribution in [0.1, 0.15) is 19.4 Å². The molecule has 3 N–H and O–H groups in total. The zero-order valence-corrected chi connectivity index (χ0v) is 8.19. The van der Waals surface area contributed by atoms with Crippen LogP contribution in [0.5, 0.6) is 5.75 Å². The number of rotatable bonds is 1. The third-order valence-electron chi connectivity index (χ3n) is 1.72. The minimum atomic E-state index is -0.810. The van der Waals surface area contributed by atoms with E-state index in [1.54, 1.807) is 13.8 Å². The summed E-state index contributed by atoms with van der Waals surface area (Å²) in [6, 6.07) is 2.23. The highest BCUT2D eigenvalue weighted by Gasteiger charge is 2.21. The summed E-state index contributed by atoms with van der Waals surface area (Å²) in [5, 5.41) is 9.46. The second-order valence-corrected chi connectivity index (χ2v) is 3.91. The summed E-state index contributed by atoms with van der Waals surface area (Å²) in [6.45, 7) is 3.33. The summed E-state index contributed by atoms with van der Waals surface area (Å²) in [5.74, 6) is -0.660. The van der Waals surface area contributed by atoms with E-state index < -0.39 is 11.4 Å². The van der Waals surface area contributed by atoms with Crippen LogP contribution in [-0.4, -0.2) is 5.11 Å². The lowest BCUT2D eigenvalue weighted by Gasteiger charge is -2.20. The molecule has 0 fully saturated rings. The highest BCUT2D eigenvalue weighted by atomic mass is 35.5. The van der Waals surface area contributed by atoms with Crippen LogP contribution < -0.4 is 5.73 Å². The number of halogens is 2. The summed E-state index contributed by atoms with van der Waals surface area (Å²) < 4.78 is 12.9. The van der Waals surface area contributed by atoms with E-state index >= 15 is 0 Å². The topological polar surface area (TPSA) is 46.2 Å². The highest BCUT2D eigenvalue weighted by Crippen LogP contribution is 2.34. The molecule has 2 nitrogen and oxygen atoms in total. The van der Waals surface area contributed by atoms with Crippen LogP contribution in [0.15, 0.2) is 12.1 Å². The molecule has 0 spiro atoms. The number of aromatic hydroxyl groups is 1. The number of phenolic OH excluding ortho intramolecular Hbond substituents is 1. The maximum atomic E-state index is 12.9. The van der Waals surface area contributed by atoms with Crippen molar-refractivity contribution in [2.24, 2.45) is 5.73 Å². The van der Waals surface area contributed by atoms with Crippen LogP contribution in [0, 0.1) is 5.82 Å². The van der Waals surface area contributed by atoms with Gasteiger partial charge in [-0.05, 0) is 26.0 Å². The van der Waals surface area contributed by atoms with Crippen LogP contribution in [0.3, 0.4) is 0 Å². The summed E-state index contributed by atoms with van der Waals surface area (Å²) in [5.41, 5.74) is 5.20. The van der Waals surface area contributed by atoms with E-state index in [-0.39, 0.29) is 10.8 Å². The summed E-state index contributed by atoms with van der Waals surface area (Å²) in [7, 11) is 0. The smallest absolute Gasteiger partial charge is 0.139 e. The molecule has 1 aromatic rings. The normalized spacial score (nSPS) is 11.8. The first-order valence-corrected chi connectivity index (χ1v) is 4.17. The molecule has 0 unspecified atom stereocenters. The van der Waals surface area contributed by atoms with Crippen LogP contribution in [-0.2, 0) is 5.54 Å². The molecule has 0 saturated heterocycles. The lowest BCUT2D eigenvalue weighted by Crippen LogP contribution is -2.28. The number of nitrogens with two attached hydrogens (primary N) is 1. The van der Waals surface area contributed by atoms with Gasteiger partial charge in [-0.3, -0.25) is 0 Å². The van der Waals surface area contributed by atoms with Gasteiger partial charge in [-0.2, -0.15) is 0 Å². The Bertz CT molecular complexity index is 333. The summed E-state index contributed by atoms with van der Waals surface area (Å²) >= 11 is 5.58. The molecule has 4 heteroatoms. The minimum absolute atomic E-state index is 0.0199. The fourth-order valence-corrected chi connectivity index (χ4v) is 1.26. The predicted octanol–water partition coefficient (Wildman–Crippen LogP) is 2.38. The van der Waals surface area contributed by atoms with Crippen LogP contribution in [0.4, 0.5) is 4.39 Å². The van der Waals surface area contributed by atoms with Crippen molar-refractivity contribution in [1.82, 2.24) is 0 Å². The molecule has 0 aliphatic rings. The van der Waals surface area contributed by atoms with E-state index in [2.05, 4.69) is 0 Å². The first-order chi connectivity index (χ1) is 5.82. The first-order valence-electron chi connectivity index (χ1n) is 3.79. The Morgan fingerprint density at radius 3 is 2.46 bits per heavy atom. The number of phenols is 1. The number of hydrogen-bond donors (Lipinski definition) is 2. The quantitative estimate of drug-likeness (QED) is 0.736. The van der Waals surface area contributed by atoms with Crippen molar-refractivity contribution in [2.75, 3.05) is 0 Å². The van der Waals surface area contributed by atoms with Crippen molar-refractivity contribution >= 4 is 11.6 Å². The van der Waals surface area contributed by atoms with E-state index in [1.165, 1.54) is 6.07 Å². The van der Waals surface area contributed by atoms with Crippen molar-refractivity contribution in [3.8, 4) is 5.75 Å². The number of hydrogen-bond acceptors (Lipinski definition) is 2. The Morgan fingerprint density at radius 2 is 2.00 bits per heavy atom. The van der Waals surface area contributed by atoms with Crippen molar-refractivity contribution in [3.05, 3.63) is 28.5 Å². The fourth-order valence-electron chi connectivity index (χ4n) is 1.06. The molecule has 1 aromatic carbocycles. The largest absolute Gasteiger partial charge is 0.506 e. The monoisotopic (exact) mass is 203 g/mol. The molecular formula is C9H11ClFNO. The van der Waals surface area contributed by atoms with Gasteiger partial charge in [-0.1, -0.05) is 11.6 Å². The molecule has 0 saturated carbocycles. The van der Waals surface area contributed by atoms with Gasteiger partial charge in [0.05, 0.1) is 5.02 Å². The molecular weight excluding hydrogens is 193 g/mol. The average molecular weight is 204 g/mol. The molecule has 0 heterocycles. The highest BCUT2D eigenvalue weighted by molar-refractivity contribution is 6.32. The lowest BCUT2D eigenvalue weighted by molar-refractivity contribution is 0.437. The van der Waals surface area contributed by atoms with Gasteiger partial charge >= 0.3 is 0 Å². The van der Waals surface area contributed by atoms with E-state index in [1.807, 2.05) is 0 Å². The summed E-state index contributed by atoms with van der Waals surface area (Å²) in [4.78, 5) is 0. The second-order valence-electron chi connectivity index (χ2n) is 3.51. The molecule has 72 valence electrons. The third-order valence-corrected chi connectivity index (χ3v) is 2.01.